The Hall–Kier alpha value is -1.17. The minimum Gasteiger partial charge on any atom is -0.493 e. The molecule has 1 fully saturated rings. The summed E-state index contributed by atoms with van der Waals surface area (Å²) in [5, 5.41) is 3.45. The van der Waals surface area contributed by atoms with Crippen LogP contribution in [-0.2, 0) is 11.3 Å². The normalized spacial score (nSPS) is 22.7. The number of amides is 1. The lowest BCUT2D eigenvalue weighted by molar-refractivity contribution is -0.128. The molecule has 25 heavy (non-hydrogen) atoms. The average molecular weight is 391 g/mol. The summed E-state index contributed by atoms with van der Waals surface area (Å²) in [6, 6.07) is 3.62. The number of nitrogens with one attached hydrogen (secondary N) is 1. The molecule has 0 radical (unpaired) electrons. The lowest BCUT2D eigenvalue weighted by Crippen LogP contribution is -2.52. The number of benzene rings is 1. The highest BCUT2D eigenvalue weighted by atomic mass is 35.5. The van der Waals surface area contributed by atoms with Gasteiger partial charge in [-0.2, -0.15) is 0 Å². The van der Waals surface area contributed by atoms with Gasteiger partial charge in [0.15, 0.2) is 11.5 Å². The van der Waals surface area contributed by atoms with Gasteiger partial charge in [-0.1, -0.05) is 24.4 Å². The molecular weight excluding hydrogens is 363 g/mol. The Morgan fingerprint density at radius 1 is 1.44 bits per heavy atom. The van der Waals surface area contributed by atoms with Crippen LogP contribution in [0.5, 0.6) is 11.5 Å². The molecule has 2 atom stereocenters. The molecule has 7 heteroatoms. The highest BCUT2D eigenvalue weighted by Gasteiger charge is 2.37. The van der Waals surface area contributed by atoms with Crippen LogP contribution in [0.2, 0.25) is 5.02 Å². The monoisotopic (exact) mass is 390 g/mol. The van der Waals surface area contributed by atoms with E-state index in [0.717, 1.165) is 31.2 Å². The van der Waals surface area contributed by atoms with Crippen molar-refractivity contribution in [1.29, 1.82) is 0 Å². The third-order valence-electron chi connectivity index (χ3n) is 4.62. The first kappa shape index (κ1) is 21.9. The molecule has 2 rings (SSSR count). The third kappa shape index (κ3) is 5.40. The van der Waals surface area contributed by atoms with Gasteiger partial charge in [-0.15, -0.1) is 12.4 Å². The molecule has 0 heterocycles. The Kier molecular flexibility index (Phi) is 8.32. The summed E-state index contributed by atoms with van der Waals surface area (Å²) in [5.74, 6) is 0.948. The molecular formula is C18H28Cl2N2O3. The number of ether oxygens (including phenoxy) is 2. The molecule has 1 aliphatic carbocycles. The van der Waals surface area contributed by atoms with Gasteiger partial charge in [0.05, 0.1) is 24.7 Å². The van der Waals surface area contributed by atoms with Crippen LogP contribution in [0.15, 0.2) is 12.1 Å². The molecule has 0 saturated heterocycles. The summed E-state index contributed by atoms with van der Waals surface area (Å²) in [4.78, 5) is 12.5. The molecule has 5 nitrogen and oxygen atoms in total. The molecule has 3 N–H and O–H groups in total. The summed E-state index contributed by atoms with van der Waals surface area (Å²) in [7, 11) is 1.57. The van der Waals surface area contributed by atoms with Crippen LogP contribution < -0.4 is 20.5 Å². The summed E-state index contributed by atoms with van der Waals surface area (Å²) in [6.07, 6.45) is 3.86. The molecule has 2 unspecified atom stereocenters. The van der Waals surface area contributed by atoms with E-state index in [4.69, 9.17) is 26.8 Å². The second-order valence-corrected chi connectivity index (χ2v) is 6.97. The van der Waals surface area contributed by atoms with Crippen LogP contribution in [-0.4, -0.2) is 25.2 Å². The van der Waals surface area contributed by atoms with E-state index in [1.807, 2.05) is 19.9 Å². The molecule has 1 saturated carbocycles. The van der Waals surface area contributed by atoms with Gasteiger partial charge in [0.25, 0.3) is 0 Å². The van der Waals surface area contributed by atoms with E-state index < -0.39 is 5.54 Å². The van der Waals surface area contributed by atoms with Gasteiger partial charge < -0.3 is 20.5 Å². The van der Waals surface area contributed by atoms with Crippen molar-refractivity contribution in [1.82, 2.24) is 5.32 Å². The zero-order valence-electron chi connectivity index (χ0n) is 15.1. The maximum atomic E-state index is 12.5. The maximum Gasteiger partial charge on any atom is 0.225 e. The van der Waals surface area contributed by atoms with E-state index in [9.17, 15) is 4.79 Å². The molecule has 142 valence electrons. The van der Waals surface area contributed by atoms with E-state index >= 15 is 0 Å². The number of halogens is 2. The number of hydrogen-bond donors (Lipinski definition) is 2. The van der Waals surface area contributed by atoms with Crippen LogP contribution in [0.1, 0.15) is 45.1 Å². The van der Waals surface area contributed by atoms with E-state index in [1.54, 1.807) is 13.2 Å². The summed E-state index contributed by atoms with van der Waals surface area (Å²) >= 11 is 6.26. The molecule has 1 amide bonds. The predicted molar refractivity (Wildman–Crippen MR) is 103 cm³/mol. The van der Waals surface area contributed by atoms with Crippen molar-refractivity contribution in [3.05, 3.63) is 22.7 Å². The van der Waals surface area contributed by atoms with Crippen molar-refractivity contribution in [2.24, 2.45) is 11.7 Å². The fourth-order valence-corrected chi connectivity index (χ4v) is 3.55. The van der Waals surface area contributed by atoms with Crippen molar-refractivity contribution < 1.29 is 14.3 Å². The van der Waals surface area contributed by atoms with Gasteiger partial charge in [-0.25, -0.2) is 0 Å². The predicted octanol–water partition coefficient (Wildman–Crippen LogP) is 3.69. The molecule has 1 aromatic carbocycles. The highest BCUT2D eigenvalue weighted by molar-refractivity contribution is 6.32. The fourth-order valence-electron chi connectivity index (χ4n) is 3.26. The Labute approximate surface area is 161 Å². The Balaban J connectivity index is 0.00000312. The van der Waals surface area contributed by atoms with Crippen LogP contribution in [0, 0.1) is 5.92 Å². The maximum absolute atomic E-state index is 12.5. The molecule has 0 bridgehead atoms. The zero-order valence-corrected chi connectivity index (χ0v) is 16.6. The SMILES string of the molecule is CCOc1c(Cl)cc(CNC(=O)C2CCCCC2(C)N)cc1OC.Cl. The molecule has 1 aromatic rings. The lowest BCUT2D eigenvalue weighted by atomic mass is 9.74. The largest absolute Gasteiger partial charge is 0.493 e. The lowest BCUT2D eigenvalue weighted by Gasteiger charge is -2.37. The molecule has 0 aliphatic heterocycles. The smallest absolute Gasteiger partial charge is 0.225 e. The topological polar surface area (TPSA) is 73.6 Å². The Bertz CT molecular complexity index is 594. The van der Waals surface area contributed by atoms with Gasteiger partial charge in [0.1, 0.15) is 0 Å². The standard InChI is InChI=1S/C18H27ClN2O3.ClH/c1-4-24-16-14(19)9-12(10-15(16)23-3)11-21-17(22)13-7-5-6-8-18(13,2)20;/h9-10,13H,4-8,11,20H2,1-3H3,(H,21,22);1H. The van der Waals surface area contributed by atoms with Gasteiger partial charge in [0, 0.05) is 12.1 Å². The zero-order chi connectivity index (χ0) is 17.7. The number of carbonyl (C=O) groups excluding carboxylic acids is 1. The van der Waals surface area contributed by atoms with Crippen LogP contribution in [0.4, 0.5) is 0 Å². The number of hydrogen-bond acceptors (Lipinski definition) is 4. The summed E-state index contributed by atoms with van der Waals surface area (Å²) in [6.45, 7) is 4.74. The second kappa shape index (κ2) is 9.51. The molecule has 1 aliphatic rings. The molecule has 0 aromatic heterocycles. The van der Waals surface area contributed by atoms with Crippen LogP contribution in [0.25, 0.3) is 0 Å². The van der Waals surface area contributed by atoms with E-state index in [2.05, 4.69) is 5.32 Å². The third-order valence-corrected chi connectivity index (χ3v) is 4.90. The van der Waals surface area contributed by atoms with Crippen LogP contribution in [0.3, 0.4) is 0 Å². The summed E-state index contributed by atoms with van der Waals surface area (Å²) < 4.78 is 10.8. The van der Waals surface area contributed by atoms with E-state index in [1.165, 1.54) is 0 Å². The Morgan fingerprint density at radius 2 is 2.16 bits per heavy atom. The van der Waals surface area contributed by atoms with E-state index in [0.29, 0.717) is 29.7 Å². The van der Waals surface area contributed by atoms with Crippen molar-refractivity contribution in [2.45, 2.75) is 51.6 Å². The minimum absolute atomic E-state index is 0. The second-order valence-electron chi connectivity index (χ2n) is 6.56. The van der Waals surface area contributed by atoms with Crippen molar-refractivity contribution in [2.75, 3.05) is 13.7 Å². The van der Waals surface area contributed by atoms with Crippen molar-refractivity contribution >= 4 is 29.9 Å². The first-order valence-corrected chi connectivity index (χ1v) is 8.82. The first-order chi connectivity index (χ1) is 11.4. The number of nitrogens with two attached hydrogens (primary N) is 1. The van der Waals surface area contributed by atoms with Gasteiger partial charge in [-0.05, 0) is 44.4 Å². The molecule has 0 spiro atoms. The van der Waals surface area contributed by atoms with Crippen LogP contribution >= 0.6 is 24.0 Å². The number of rotatable bonds is 6. The highest BCUT2D eigenvalue weighted by Crippen LogP contribution is 2.36. The van der Waals surface area contributed by atoms with Gasteiger partial charge >= 0.3 is 0 Å². The minimum atomic E-state index is -0.434. The van der Waals surface area contributed by atoms with Gasteiger partial charge in [0.2, 0.25) is 5.91 Å². The fraction of sp³-hybridized carbons (Fsp3) is 0.611. The van der Waals surface area contributed by atoms with Crippen molar-refractivity contribution in [3.8, 4) is 11.5 Å². The Morgan fingerprint density at radius 3 is 2.76 bits per heavy atom. The number of carbonyl (C=O) groups is 1. The van der Waals surface area contributed by atoms with E-state index in [-0.39, 0.29) is 24.2 Å². The average Bonchev–Trinajstić information content (AvgIpc) is 2.54. The van der Waals surface area contributed by atoms with Crippen molar-refractivity contribution in [3.63, 3.8) is 0 Å². The quantitative estimate of drug-likeness (QED) is 0.776. The number of methoxy groups -OCH3 is 1. The first-order valence-electron chi connectivity index (χ1n) is 8.45. The summed E-state index contributed by atoms with van der Waals surface area (Å²) in [5.41, 5.74) is 6.73. The van der Waals surface area contributed by atoms with Gasteiger partial charge in [-0.3, -0.25) is 4.79 Å².